The van der Waals surface area contributed by atoms with E-state index >= 15 is 0 Å². The van der Waals surface area contributed by atoms with Crippen LogP contribution in [0, 0.1) is 23.2 Å². The van der Waals surface area contributed by atoms with Crippen LogP contribution in [0.4, 0.5) is 0 Å². The van der Waals surface area contributed by atoms with Crippen LogP contribution in [0.15, 0.2) is 91.6 Å². The lowest BCUT2D eigenvalue weighted by molar-refractivity contribution is 0.0485. The van der Waals surface area contributed by atoms with Crippen LogP contribution in [-0.4, -0.2) is 12.6 Å². The summed E-state index contributed by atoms with van der Waals surface area (Å²) in [5.41, 5.74) is 6.85. The molecule has 0 aromatic heterocycles. The van der Waals surface area contributed by atoms with Crippen LogP contribution in [0.5, 0.6) is 0 Å². The summed E-state index contributed by atoms with van der Waals surface area (Å²) in [7, 11) is 0. The van der Waals surface area contributed by atoms with Gasteiger partial charge in [0.15, 0.2) is 0 Å². The fraction of sp³-hybridized carbons (Fsp3) is 0.432. The topological polar surface area (TPSA) is 26.3 Å². The molecule has 0 bridgehead atoms. The third-order valence-electron chi connectivity index (χ3n) is 8.48. The molecule has 0 heterocycles. The zero-order chi connectivity index (χ0) is 28.6. The van der Waals surface area contributed by atoms with Crippen LogP contribution in [-0.2, 0) is 11.2 Å². The predicted molar refractivity (Wildman–Crippen MR) is 167 cm³/mol. The predicted octanol–water partition coefficient (Wildman–Crippen LogP) is 9.99. The first-order valence-electron chi connectivity index (χ1n) is 14.5. The summed E-state index contributed by atoms with van der Waals surface area (Å²) in [6, 6.07) is 16.3. The van der Waals surface area contributed by atoms with E-state index in [-0.39, 0.29) is 17.3 Å². The zero-order valence-electron chi connectivity index (χ0n) is 24.8. The molecular weight excluding hydrogens is 476 g/mol. The number of hydrogen-bond donors (Lipinski definition) is 0. The van der Waals surface area contributed by atoms with Crippen molar-refractivity contribution in [3.05, 3.63) is 114 Å². The monoisotopic (exact) mass is 524 g/mol. The van der Waals surface area contributed by atoms with Gasteiger partial charge in [-0.05, 0) is 91.0 Å². The molecule has 208 valence electrons. The summed E-state index contributed by atoms with van der Waals surface area (Å²) in [6.45, 7) is 24.1. The number of allylic oxidation sites excluding steroid dienone is 4. The molecule has 1 saturated carbocycles. The molecule has 1 unspecified atom stereocenters. The average molecular weight is 525 g/mol. The summed E-state index contributed by atoms with van der Waals surface area (Å²) in [5, 5.41) is 0. The fourth-order valence-electron chi connectivity index (χ4n) is 5.79. The molecule has 3 rings (SSSR count). The summed E-state index contributed by atoms with van der Waals surface area (Å²) >= 11 is 0. The first-order chi connectivity index (χ1) is 18.5. The number of ether oxygens (including phenoxy) is 1. The lowest BCUT2D eigenvalue weighted by atomic mass is 9.61. The highest BCUT2D eigenvalue weighted by Crippen LogP contribution is 2.49. The van der Waals surface area contributed by atoms with E-state index in [1.807, 2.05) is 24.3 Å². The van der Waals surface area contributed by atoms with Crippen LogP contribution in [0.25, 0.3) is 6.08 Å². The first kappa shape index (κ1) is 30.4. The molecule has 0 amide bonds. The summed E-state index contributed by atoms with van der Waals surface area (Å²) in [4.78, 5) is 12.6. The Morgan fingerprint density at radius 2 is 1.74 bits per heavy atom. The Morgan fingerprint density at radius 3 is 2.33 bits per heavy atom. The molecule has 0 radical (unpaired) electrons. The summed E-state index contributed by atoms with van der Waals surface area (Å²) in [5.74, 6) is 1.49. The second-order valence-corrected chi connectivity index (χ2v) is 12.3. The number of carbonyl (C=O) groups is 1. The highest BCUT2D eigenvalue weighted by atomic mass is 16.5. The Kier molecular flexibility index (Phi) is 10.7. The van der Waals surface area contributed by atoms with Gasteiger partial charge in [-0.3, -0.25) is 0 Å². The molecule has 1 aliphatic rings. The minimum Gasteiger partial charge on any atom is -0.461 e. The van der Waals surface area contributed by atoms with Crippen molar-refractivity contribution >= 4 is 12.0 Å². The lowest BCUT2D eigenvalue weighted by Gasteiger charge is -2.43. The molecule has 39 heavy (non-hydrogen) atoms. The van der Waals surface area contributed by atoms with Crippen molar-refractivity contribution in [3.8, 4) is 0 Å². The van der Waals surface area contributed by atoms with E-state index in [1.165, 1.54) is 22.3 Å². The number of carbonyl (C=O) groups excluding carboxylic acids is 1. The van der Waals surface area contributed by atoms with E-state index in [4.69, 9.17) is 4.74 Å². The minimum atomic E-state index is -0.280. The van der Waals surface area contributed by atoms with Crippen molar-refractivity contribution in [1.82, 2.24) is 0 Å². The molecule has 2 aromatic carbocycles. The minimum absolute atomic E-state index is 0.137. The van der Waals surface area contributed by atoms with E-state index in [0.717, 1.165) is 37.7 Å². The third kappa shape index (κ3) is 8.43. The van der Waals surface area contributed by atoms with E-state index < -0.39 is 0 Å². The van der Waals surface area contributed by atoms with E-state index in [1.54, 1.807) is 0 Å². The largest absolute Gasteiger partial charge is 0.461 e. The van der Waals surface area contributed by atoms with Gasteiger partial charge in [0, 0.05) is 5.92 Å². The lowest BCUT2D eigenvalue weighted by Crippen LogP contribution is -2.33. The number of benzene rings is 2. The van der Waals surface area contributed by atoms with Crippen molar-refractivity contribution in [3.63, 3.8) is 0 Å². The molecule has 0 spiro atoms. The Morgan fingerprint density at radius 1 is 1.08 bits per heavy atom. The van der Waals surface area contributed by atoms with Crippen molar-refractivity contribution < 1.29 is 9.53 Å². The van der Waals surface area contributed by atoms with Crippen molar-refractivity contribution in [2.75, 3.05) is 6.61 Å². The Hall–Kier alpha value is -3.13. The highest BCUT2D eigenvalue weighted by Gasteiger charge is 2.38. The maximum absolute atomic E-state index is 12.6. The molecule has 0 N–H and O–H groups in total. The standard InChI is InChI=1S/C37H48O2/c1-9-37(8)22-21-34(24-35(37)27(4)5)28(6)11-10-12-30-13-19-33(20-14-30)36(38)39-25-29(7)32-17-15-31(16-18-32)23-26(2)3/h9-10,12-20,26,29,34-35H,1,4,6,11,21-25H2,2-3,5,7-8H3/b12-10+/t29?,34-,35+,37-/m1/s1. The maximum Gasteiger partial charge on any atom is 0.338 e. The second kappa shape index (κ2) is 13.8. The maximum atomic E-state index is 12.6. The van der Waals surface area contributed by atoms with Crippen LogP contribution in [0.3, 0.4) is 0 Å². The number of esters is 1. The molecule has 1 fully saturated rings. The molecule has 4 atom stereocenters. The van der Waals surface area contributed by atoms with Crippen molar-refractivity contribution in [1.29, 1.82) is 0 Å². The van der Waals surface area contributed by atoms with Gasteiger partial charge in [0.2, 0.25) is 0 Å². The fourth-order valence-corrected chi connectivity index (χ4v) is 5.79. The van der Waals surface area contributed by atoms with Gasteiger partial charge in [0.25, 0.3) is 0 Å². The van der Waals surface area contributed by atoms with E-state index in [0.29, 0.717) is 29.9 Å². The summed E-state index contributed by atoms with van der Waals surface area (Å²) < 4.78 is 5.63. The average Bonchev–Trinajstić information content (AvgIpc) is 2.92. The van der Waals surface area contributed by atoms with Crippen molar-refractivity contribution in [2.45, 2.75) is 72.6 Å². The Balaban J connectivity index is 1.47. The first-order valence-corrected chi connectivity index (χ1v) is 14.5. The highest BCUT2D eigenvalue weighted by molar-refractivity contribution is 5.89. The number of rotatable bonds is 12. The molecular formula is C37H48O2. The van der Waals surface area contributed by atoms with Gasteiger partial charge in [0.1, 0.15) is 0 Å². The van der Waals surface area contributed by atoms with Gasteiger partial charge < -0.3 is 4.74 Å². The van der Waals surface area contributed by atoms with E-state index in [2.05, 4.69) is 96.8 Å². The normalized spacial score (nSPS) is 22.0. The molecule has 2 aromatic rings. The Labute approximate surface area is 237 Å². The van der Waals surface area contributed by atoms with Crippen molar-refractivity contribution in [2.24, 2.45) is 23.2 Å². The molecule has 2 heteroatoms. The second-order valence-electron chi connectivity index (χ2n) is 12.3. The van der Waals surface area contributed by atoms with Gasteiger partial charge in [-0.1, -0.05) is 107 Å². The van der Waals surface area contributed by atoms with Gasteiger partial charge in [0.05, 0.1) is 12.2 Å². The molecule has 1 aliphatic carbocycles. The van der Waals surface area contributed by atoms with Gasteiger partial charge in [-0.2, -0.15) is 0 Å². The molecule has 2 nitrogen and oxygen atoms in total. The zero-order valence-corrected chi connectivity index (χ0v) is 24.8. The quantitative estimate of drug-likeness (QED) is 0.204. The van der Waals surface area contributed by atoms with Crippen LogP contribution >= 0.6 is 0 Å². The smallest absolute Gasteiger partial charge is 0.338 e. The molecule has 0 aliphatic heterocycles. The number of hydrogen-bond acceptors (Lipinski definition) is 2. The van der Waals surface area contributed by atoms with Crippen LogP contribution < -0.4 is 0 Å². The SMILES string of the molecule is C=C[C@]1(C)CC[C@@H](C(=C)C/C=C/c2ccc(C(=O)OCC(C)c3ccc(CC(C)C)cc3)cc2)C[C@H]1C(=C)C. The van der Waals surface area contributed by atoms with Gasteiger partial charge in [-0.15, -0.1) is 6.58 Å². The van der Waals surface area contributed by atoms with Crippen LogP contribution in [0.1, 0.15) is 93.3 Å². The van der Waals surface area contributed by atoms with Gasteiger partial charge >= 0.3 is 5.97 Å². The van der Waals surface area contributed by atoms with Crippen LogP contribution in [0.2, 0.25) is 0 Å². The molecule has 0 saturated heterocycles. The van der Waals surface area contributed by atoms with E-state index in [9.17, 15) is 4.79 Å². The van der Waals surface area contributed by atoms with Gasteiger partial charge in [-0.25, -0.2) is 4.79 Å². The Bertz CT molecular complexity index is 1160. The summed E-state index contributed by atoms with van der Waals surface area (Å²) in [6.07, 6.45) is 11.7. The third-order valence-corrected chi connectivity index (χ3v) is 8.48.